The van der Waals surface area contributed by atoms with E-state index in [1.165, 1.54) is 0 Å². The van der Waals surface area contributed by atoms with Gasteiger partial charge in [-0.15, -0.1) is 0 Å². The van der Waals surface area contributed by atoms with E-state index in [0.717, 1.165) is 5.69 Å². The standard InChI is InChI=1S/C11H17F3N2/c1-9(2)15-8-10-4-3-6-16(10)7-5-11(12,13)14/h3-4,6,9,15H,5,7-8H2,1-2H3. The first-order valence-electron chi connectivity index (χ1n) is 5.32. The van der Waals surface area contributed by atoms with Crippen molar-refractivity contribution in [3.8, 4) is 0 Å². The number of alkyl halides is 3. The molecule has 2 nitrogen and oxygen atoms in total. The van der Waals surface area contributed by atoms with Crippen LogP contribution < -0.4 is 5.32 Å². The fraction of sp³-hybridized carbons (Fsp3) is 0.636. The largest absolute Gasteiger partial charge is 0.390 e. The Bertz CT molecular complexity index is 315. The molecule has 5 heteroatoms. The minimum atomic E-state index is -4.09. The number of halogens is 3. The van der Waals surface area contributed by atoms with E-state index >= 15 is 0 Å². The second kappa shape index (κ2) is 5.39. The molecule has 1 aromatic heterocycles. The summed E-state index contributed by atoms with van der Waals surface area (Å²) in [6.07, 6.45) is -3.19. The molecular formula is C11H17F3N2. The molecule has 0 aliphatic rings. The molecule has 0 amide bonds. The lowest BCUT2D eigenvalue weighted by molar-refractivity contribution is -0.136. The smallest absolute Gasteiger partial charge is 0.350 e. The maximum absolute atomic E-state index is 12.1. The van der Waals surface area contributed by atoms with Gasteiger partial charge < -0.3 is 9.88 Å². The van der Waals surface area contributed by atoms with Crippen molar-refractivity contribution >= 4 is 0 Å². The Morgan fingerprint density at radius 2 is 2.06 bits per heavy atom. The van der Waals surface area contributed by atoms with Crippen LogP contribution in [0.5, 0.6) is 0 Å². The number of nitrogens with zero attached hydrogens (tertiary/aromatic N) is 1. The number of hydrogen-bond donors (Lipinski definition) is 1. The fourth-order valence-electron chi connectivity index (χ4n) is 1.38. The molecule has 0 saturated heterocycles. The van der Waals surface area contributed by atoms with Crippen molar-refractivity contribution in [2.24, 2.45) is 0 Å². The van der Waals surface area contributed by atoms with Crippen LogP contribution in [-0.4, -0.2) is 16.8 Å². The molecule has 0 saturated carbocycles. The molecule has 0 atom stereocenters. The van der Waals surface area contributed by atoms with Crippen LogP contribution in [0.4, 0.5) is 13.2 Å². The van der Waals surface area contributed by atoms with Gasteiger partial charge in [-0.25, -0.2) is 0 Å². The van der Waals surface area contributed by atoms with E-state index in [1.54, 1.807) is 16.8 Å². The van der Waals surface area contributed by atoms with Crippen LogP contribution >= 0.6 is 0 Å². The lowest BCUT2D eigenvalue weighted by Crippen LogP contribution is -2.24. The van der Waals surface area contributed by atoms with Crippen molar-refractivity contribution < 1.29 is 13.2 Å². The summed E-state index contributed by atoms with van der Waals surface area (Å²) in [6.45, 7) is 4.60. The monoisotopic (exact) mass is 234 g/mol. The fourth-order valence-corrected chi connectivity index (χ4v) is 1.38. The SMILES string of the molecule is CC(C)NCc1cccn1CCC(F)(F)F. The van der Waals surface area contributed by atoms with Crippen molar-refractivity contribution in [2.45, 2.75) is 45.6 Å². The molecule has 16 heavy (non-hydrogen) atoms. The van der Waals surface area contributed by atoms with Gasteiger partial charge in [0.1, 0.15) is 0 Å². The number of hydrogen-bond acceptors (Lipinski definition) is 1. The molecule has 1 N–H and O–H groups in total. The highest BCUT2D eigenvalue weighted by Crippen LogP contribution is 2.20. The normalized spacial score (nSPS) is 12.4. The zero-order chi connectivity index (χ0) is 12.2. The predicted octanol–water partition coefficient (Wildman–Crippen LogP) is 2.94. The highest BCUT2D eigenvalue weighted by molar-refractivity contribution is 5.07. The minimum absolute atomic E-state index is 0.00832. The third-order valence-corrected chi connectivity index (χ3v) is 2.25. The molecule has 0 spiro atoms. The molecule has 0 aliphatic carbocycles. The van der Waals surface area contributed by atoms with E-state index in [4.69, 9.17) is 0 Å². The summed E-state index contributed by atoms with van der Waals surface area (Å²) >= 11 is 0. The summed E-state index contributed by atoms with van der Waals surface area (Å²) in [4.78, 5) is 0. The number of nitrogens with one attached hydrogen (secondary N) is 1. The zero-order valence-corrected chi connectivity index (χ0v) is 9.51. The van der Waals surface area contributed by atoms with Gasteiger partial charge in [0.2, 0.25) is 0 Å². The number of aryl methyl sites for hydroxylation is 1. The molecule has 0 aromatic carbocycles. The first kappa shape index (κ1) is 13.1. The van der Waals surface area contributed by atoms with E-state index in [9.17, 15) is 13.2 Å². The van der Waals surface area contributed by atoms with Gasteiger partial charge in [0.25, 0.3) is 0 Å². The highest BCUT2D eigenvalue weighted by atomic mass is 19.4. The quantitative estimate of drug-likeness (QED) is 0.828. The third-order valence-electron chi connectivity index (χ3n) is 2.25. The van der Waals surface area contributed by atoms with Gasteiger partial charge in [-0.1, -0.05) is 13.8 Å². The van der Waals surface area contributed by atoms with Gasteiger partial charge in [-0.3, -0.25) is 0 Å². The summed E-state index contributed by atoms with van der Waals surface area (Å²) in [5, 5.41) is 3.18. The summed E-state index contributed by atoms with van der Waals surface area (Å²) in [6, 6.07) is 3.94. The average molecular weight is 234 g/mol. The Labute approximate surface area is 93.5 Å². The summed E-state index contributed by atoms with van der Waals surface area (Å²) in [5.74, 6) is 0. The molecule has 1 rings (SSSR count). The van der Waals surface area contributed by atoms with E-state index in [1.807, 2.05) is 19.9 Å². The molecule has 0 unspecified atom stereocenters. The van der Waals surface area contributed by atoms with Gasteiger partial charge >= 0.3 is 6.18 Å². The lowest BCUT2D eigenvalue weighted by Gasteiger charge is -2.13. The van der Waals surface area contributed by atoms with E-state index < -0.39 is 12.6 Å². The third kappa shape index (κ3) is 4.70. The maximum Gasteiger partial charge on any atom is 0.390 e. The Balaban J connectivity index is 2.50. The van der Waals surface area contributed by atoms with Crippen LogP contribution in [-0.2, 0) is 13.1 Å². The number of rotatable bonds is 5. The van der Waals surface area contributed by atoms with Crippen LogP contribution in [0.15, 0.2) is 18.3 Å². The van der Waals surface area contributed by atoms with Crippen LogP contribution in [0.25, 0.3) is 0 Å². The topological polar surface area (TPSA) is 17.0 Å². The van der Waals surface area contributed by atoms with Gasteiger partial charge in [0.05, 0.1) is 6.42 Å². The second-order valence-corrected chi connectivity index (χ2v) is 4.09. The van der Waals surface area contributed by atoms with E-state index in [-0.39, 0.29) is 6.54 Å². The molecule has 1 heterocycles. The molecule has 0 bridgehead atoms. The van der Waals surface area contributed by atoms with Gasteiger partial charge in [0, 0.05) is 31.0 Å². The van der Waals surface area contributed by atoms with Crippen LogP contribution in [0, 0.1) is 0 Å². The van der Waals surface area contributed by atoms with E-state index in [0.29, 0.717) is 12.6 Å². The lowest BCUT2D eigenvalue weighted by atomic mass is 10.3. The van der Waals surface area contributed by atoms with E-state index in [2.05, 4.69) is 5.32 Å². The molecular weight excluding hydrogens is 217 g/mol. The molecule has 0 radical (unpaired) electrons. The van der Waals surface area contributed by atoms with Crippen LogP contribution in [0.2, 0.25) is 0 Å². The number of aromatic nitrogens is 1. The summed E-state index contributed by atoms with van der Waals surface area (Å²) in [7, 11) is 0. The van der Waals surface area contributed by atoms with Crippen molar-refractivity contribution in [1.82, 2.24) is 9.88 Å². The predicted molar refractivity (Wildman–Crippen MR) is 57.1 cm³/mol. The molecule has 1 aromatic rings. The van der Waals surface area contributed by atoms with Crippen molar-refractivity contribution in [1.29, 1.82) is 0 Å². The van der Waals surface area contributed by atoms with Crippen LogP contribution in [0.1, 0.15) is 26.0 Å². The Morgan fingerprint density at radius 1 is 1.38 bits per heavy atom. The van der Waals surface area contributed by atoms with Gasteiger partial charge in [-0.2, -0.15) is 13.2 Å². The second-order valence-electron chi connectivity index (χ2n) is 4.09. The molecule has 0 fully saturated rings. The Hall–Kier alpha value is -0.970. The van der Waals surface area contributed by atoms with Crippen molar-refractivity contribution in [2.75, 3.05) is 0 Å². The Kier molecular flexibility index (Phi) is 4.41. The summed E-state index contributed by atoms with van der Waals surface area (Å²) < 4.78 is 37.8. The minimum Gasteiger partial charge on any atom is -0.350 e. The van der Waals surface area contributed by atoms with Gasteiger partial charge in [0.15, 0.2) is 0 Å². The zero-order valence-electron chi connectivity index (χ0n) is 9.51. The average Bonchev–Trinajstić information content (AvgIpc) is 2.57. The van der Waals surface area contributed by atoms with Crippen molar-refractivity contribution in [3.63, 3.8) is 0 Å². The van der Waals surface area contributed by atoms with Crippen LogP contribution in [0.3, 0.4) is 0 Å². The first-order valence-corrected chi connectivity index (χ1v) is 5.32. The van der Waals surface area contributed by atoms with Crippen molar-refractivity contribution in [3.05, 3.63) is 24.0 Å². The van der Waals surface area contributed by atoms with Gasteiger partial charge in [-0.05, 0) is 12.1 Å². The summed E-state index contributed by atoms with van der Waals surface area (Å²) in [5.41, 5.74) is 0.887. The maximum atomic E-state index is 12.1. The molecule has 0 aliphatic heterocycles. The highest BCUT2D eigenvalue weighted by Gasteiger charge is 2.26. The Morgan fingerprint density at radius 3 is 2.62 bits per heavy atom. The molecule has 92 valence electrons. The first-order chi connectivity index (χ1) is 7.38.